The fourth-order valence-electron chi connectivity index (χ4n) is 3.92. The summed E-state index contributed by atoms with van der Waals surface area (Å²) in [5, 5.41) is 10.4. The lowest BCUT2D eigenvalue weighted by molar-refractivity contribution is -0.116. The van der Waals surface area contributed by atoms with Gasteiger partial charge in [0.2, 0.25) is 5.91 Å². The number of nitrogens with one attached hydrogen (secondary N) is 2. The van der Waals surface area contributed by atoms with Crippen LogP contribution in [-0.4, -0.2) is 46.8 Å². The highest BCUT2D eigenvalue weighted by molar-refractivity contribution is 5.97. The number of ether oxygens (including phenoxy) is 1. The van der Waals surface area contributed by atoms with Gasteiger partial charge in [0, 0.05) is 29.9 Å². The number of nitrogens with zero attached hydrogens (tertiary/aromatic N) is 3. The van der Waals surface area contributed by atoms with Gasteiger partial charge in [-0.2, -0.15) is 5.10 Å². The average Bonchev–Trinajstić information content (AvgIpc) is 3.32. The van der Waals surface area contributed by atoms with Gasteiger partial charge in [0.1, 0.15) is 23.9 Å². The SMILES string of the molecule is COc1cccc(NC(=O)N(CC(=O)Nc2cc(-c3ccccc3)nn2-c2ccc(F)cc2)CC(C)C)c1. The Balaban J connectivity index is 1.56. The number of amides is 3. The van der Waals surface area contributed by atoms with Gasteiger partial charge in [-0.05, 0) is 42.3 Å². The van der Waals surface area contributed by atoms with Crippen LogP contribution in [-0.2, 0) is 4.79 Å². The maximum atomic E-state index is 13.6. The number of anilines is 2. The highest BCUT2D eigenvalue weighted by Gasteiger charge is 2.21. The number of carbonyl (C=O) groups is 2. The summed E-state index contributed by atoms with van der Waals surface area (Å²) < 4.78 is 20.3. The van der Waals surface area contributed by atoms with Crippen molar-refractivity contribution >= 4 is 23.4 Å². The Kier molecular flexibility index (Phi) is 8.37. The smallest absolute Gasteiger partial charge is 0.322 e. The van der Waals surface area contributed by atoms with E-state index in [9.17, 15) is 14.0 Å². The van der Waals surface area contributed by atoms with Crippen LogP contribution in [0.5, 0.6) is 5.75 Å². The van der Waals surface area contributed by atoms with Gasteiger partial charge in [0.25, 0.3) is 0 Å². The molecular weight excluding hydrogens is 485 g/mol. The van der Waals surface area contributed by atoms with Crippen LogP contribution in [0.3, 0.4) is 0 Å². The Morgan fingerprint density at radius 2 is 1.71 bits per heavy atom. The molecule has 0 fully saturated rings. The topological polar surface area (TPSA) is 88.5 Å². The Bertz CT molecular complexity index is 1390. The van der Waals surface area contributed by atoms with E-state index in [0.717, 1.165) is 5.56 Å². The number of urea groups is 1. The molecule has 0 aliphatic carbocycles. The second kappa shape index (κ2) is 12.1. The van der Waals surface area contributed by atoms with E-state index in [1.54, 1.807) is 54.3 Å². The molecule has 0 spiro atoms. The second-order valence-electron chi connectivity index (χ2n) is 9.15. The molecule has 0 aliphatic heterocycles. The molecule has 0 radical (unpaired) electrons. The lowest BCUT2D eigenvalue weighted by Gasteiger charge is -2.24. The Morgan fingerprint density at radius 1 is 0.974 bits per heavy atom. The summed E-state index contributed by atoms with van der Waals surface area (Å²) in [6.07, 6.45) is 0. The summed E-state index contributed by atoms with van der Waals surface area (Å²) in [7, 11) is 1.55. The molecule has 4 aromatic rings. The van der Waals surface area contributed by atoms with Crippen LogP contribution in [0.15, 0.2) is 84.9 Å². The van der Waals surface area contributed by atoms with Gasteiger partial charge >= 0.3 is 6.03 Å². The third-order valence-electron chi connectivity index (χ3n) is 5.65. The zero-order valence-electron chi connectivity index (χ0n) is 21.5. The monoisotopic (exact) mass is 515 g/mol. The lowest BCUT2D eigenvalue weighted by atomic mass is 10.1. The number of carbonyl (C=O) groups excluding carboxylic acids is 2. The molecule has 1 heterocycles. The third-order valence-corrected chi connectivity index (χ3v) is 5.65. The van der Waals surface area contributed by atoms with Crippen molar-refractivity contribution in [3.05, 3.63) is 90.7 Å². The van der Waals surface area contributed by atoms with Crippen molar-refractivity contribution in [2.45, 2.75) is 13.8 Å². The molecular formula is C29H30FN5O3. The predicted molar refractivity (Wildman–Crippen MR) is 146 cm³/mol. The Morgan fingerprint density at radius 3 is 2.39 bits per heavy atom. The molecule has 1 aromatic heterocycles. The van der Waals surface area contributed by atoms with Crippen molar-refractivity contribution in [3.8, 4) is 22.7 Å². The van der Waals surface area contributed by atoms with Gasteiger partial charge in [0.05, 0.1) is 18.5 Å². The van der Waals surface area contributed by atoms with Gasteiger partial charge in [-0.1, -0.05) is 50.2 Å². The minimum absolute atomic E-state index is 0.133. The number of hydrogen-bond acceptors (Lipinski definition) is 4. The number of halogens is 1. The summed E-state index contributed by atoms with van der Waals surface area (Å²) in [4.78, 5) is 27.7. The molecule has 9 heteroatoms. The molecule has 0 saturated heterocycles. The highest BCUT2D eigenvalue weighted by Crippen LogP contribution is 2.25. The number of hydrogen-bond donors (Lipinski definition) is 2. The van der Waals surface area contributed by atoms with E-state index in [1.807, 2.05) is 44.2 Å². The zero-order chi connectivity index (χ0) is 27.1. The van der Waals surface area contributed by atoms with Crippen LogP contribution in [0.1, 0.15) is 13.8 Å². The van der Waals surface area contributed by atoms with E-state index < -0.39 is 11.9 Å². The van der Waals surface area contributed by atoms with E-state index in [-0.39, 0.29) is 18.3 Å². The lowest BCUT2D eigenvalue weighted by Crippen LogP contribution is -2.42. The normalized spacial score (nSPS) is 10.8. The van der Waals surface area contributed by atoms with Crippen LogP contribution < -0.4 is 15.4 Å². The Labute approximate surface area is 221 Å². The van der Waals surface area contributed by atoms with Crippen molar-refractivity contribution in [3.63, 3.8) is 0 Å². The summed E-state index contributed by atoms with van der Waals surface area (Å²) in [5.41, 5.74) is 2.65. The standard InChI is InChI=1S/C29H30FN5O3/c1-20(2)18-34(29(37)31-23-10-7-11-25(16-23)38-3)19-28(36)32-27-17-26(21-8-5-4-6-9-21)33-35(27)24-14-12-22(30)13-15-24/h4-17,20H,18-19H2,1-3H3,(H,31,37)(H,32,36). The molecule has 196 valence electrons. The van der Waals surface area contributed by atoms with Crippen LogP contribution in [0, 0.1) is 11.7 Å². The van der Waals surface area contributed by atoms with E-state index in [4.69, 9.17) is 4.74 Å². The molecule has 0 saturated carbocycles. The molecule has 38 heavy (non-hydrogen) atoms. The first-order valence-electron chi connectivity index (χ1n) is 12.2. The summed E-state index contributed by atoms with van der Waals surface area (Å²) in [6.45, 7) is 4.14. The molecule has 0 atom stereocenters. The number of aromatic nitrogens is 2. The first kappa shape index (κ1) is 26.4. The number of rotatable bonds is 9. The molecule has 2 N–H and O–H groups in total. The minimum Gasteiger partial charge on any atom is -0.497 e. The first-order valence-corrected chi connectivity index (χ1v) is 12.2. The van der Waals surface area contributed by atoms with Crippen LogP contribution in [0.25, 0.3) is 16.9 Å². The van der Waals surface area contributed by atoms with E-state index >= 15 is 0 Å². The fourth-order valence-corrected chi connectivity index (χ4v) is 3.92. The summed E-state index contributed by atoms with van der Waals surface area (Å²) in [5.74, 6) is 0.376. The summed E-state index contributed by atoms with van der Waals surface area (Å²) in [6, 6.07) is 23.7. The molecule has 4 rings (SSSR count). The van der Waals surface area contributed by atoms with Crippen molar-refractivity contribution < 1.29 is 18.7 Å². The van der Waals surface area contributed by atoms with Crippen molar-refractivity contribution in [1.29, 1.82) is 0 Å². The zero-order valence-corrected chi connectivity index (χ0v) is 21.5. The molecule has 3 amide bonds. The molecule has 8 nitrogen and oxygen atoms in total. The van der Waals surface area contributed by atoms with Gasteiger partial charge in [-0.25, -0.2) is 13.9 Å². The quantitative estimate of drug-likeness (QED) is 0.294. The van der Waals surface area contributed by atoms with E-state index in [2.05, 4.69) is 15.7 Å². The van der Waals surface area contributed by atoms with Crippen molar-refractivity contribution in [2.24, 2.45) is 5.92 Å². The average molecular weight is 516 g/mol. The van der Waals surface area contributed by atoms with E-state index in [1.165, 1.54) is 17.0 Å². The van der Waals surface area contributed by atoms with Crippen LogP contribution in [0.4, 0.5) is 20.7 Å². The Hall–Kier alpha value is -4.66. The van der Waals surface area contributed by atoms with Gasteiger partial charge < -0.3 is 20.3 Å². The second-order valence-corrected chi connectivity index (χ2v) is 9.15. The van der Waals surface area contributed by atoms with Gasteiger partial charge in [0.15, 0.2) is 0 Å². The highest BCUT2D eigenvalue weighted by atomic mass is 19.1. The molecule has 0 bridgehead atoms. The first-order chi connectivity index (χ1) is 18.3. The fraction of sp³-hybridized carbons (Fsp3) is 0.207. The van der Waals surface area contributed by atoms with Gasteiger partial charge in [-0.15, -0.1) is 0 Å². The maximum absolute atomic E-state index is 13.6. The molecule has 0 unspecified atom stereocenters. The van der Waals surface area contributed by atoms with Crippen LogP contribution in [0.2, 0.25) is 0 Å². The predicted octanol–water partition coefficient (Wildman–Crippen LogP) is 5.82. The molecule has 0 aliphatic rings. The van der Waals surface area contributed by atoms with Crippen molar-refractivity contribution in [1.82, 2.24) is 14.7 Å². The third kappa shape index (κ3) is 6.76. The number of benzene rings is 3. The van der Waals surface area contributed by atoms with Crippen LogP contribution >= 0.6 is 0 Å². The molecule has 3 aromatic carbocycles. The van der Waals surface area contributed by atoms with Gasteiger partial charge in [-0.3, -0.25) is 4.79 Å². The maximum Gasteiger partial charge on any atom is 0.322 e. The number of methoxy groups -OCH3 is 1. The van der Waals surface area contributed by atoms with Crippen molar-refractivity contribution in [2.75, 3.05) is 30.8 Å². The minimum atomic E-state index is -0.404. The largest absolute Gasteiger partial charge is 0.497 e. The summed E-state index contributed by atoms with van der Waals surface area (Å²) >= 11 is 0. The van der Waals surface area contributed by atoms with E-state index in [0.29, 0.717) is 35.2 Å².